The third-order valence-corrected chi connectivity index (χ3v) is 7.37. The first kappa shape index (κ1) is 24.3. The predicted molar refractivity (Wildman–Crippen MR) is 124 cm³/mol. The van der Waals surface area contributed by atoms with Crippen molar-refractivity contribution in [1.29, 1.82) is 5.41 Å². The Morgan fingerprint density at radius 2 is 1.88 bits per heavy atom. The van der Waals surface area contributed by atoms with E-state index in [1.165, 1.54) is 0 Å². The molecule has 10 heteroatoms. The minimum atomic E-state index is -0.955. The van der Waals surface area contributed by atoms with Crippen molar-refractivity contribution in [2.75, 3.05) is 13.1 Å². The molecule has 0 spiro atoms. The molecular weight excluding hydrogens is 438 g/mol. The molecule has 4 aliphatic rings. The number of carboxylic acids is 1. The Morgan fingerprint density at radius 3 is 2.53 bits per heavy atom. The van der Waals surface area contributed by atoms with E-state index in [1.807, 2.05) is 12.1 Å². The minimum Gasteiger partial charge on any atom is -0.481 e. The van der Waals surface area contributed by atoms with Crippen molar-refractivity contribution in [2.45, 2.75) is 75.1 Å². The zero-order chi connectivity index (χ0) is 24.3. The van der Waals surface area contributed by atoms with Gasteiger partial charge in [0, 0.05) is 30.6 Å². The van der Waals surface area contributed by atoms with Gasteiger partial charge < -0.3 is 16.2 Å². The van der Waals surface area contributed by atoms with Gasteiger partial charge >= 0.3 is 5.97 Å². The van der Waals surface area contributed by atoms with Gasteiger partial charge in [-0.25, -0.2) is 0 Å². The third kappa shape index (κ3) is 5.63. The van der Waals surface area contributed by atoms with Crippen LogP contribution in [0.1, 0.15) is 68.5 Å². The highest BCUT2D eigenvalue weighted by Crippen LogP contribution is 2.35. The highest BCUT2D eigenvalue weighted by atomic mass is 16.7. The average molecular weight is 472 g/mol. The van der Waals surface area contributed by atoms with Gasteiger partial charge in [-0.3, -0.25) is 29.5 Å². The molecule has 5 rings (SSSR count). The lowest BCUT2D eigenvalue weighted by Crippen LogP contribution is -2.54. The minimum absolute atomic E-state index is 0.0146. The number of hydrogen-bond donors (Lipinski definition) is 5. The zero-order valence-corrected chi connectivity index (χ0v) is 19.2. The van der Waals surface area contributed by atoms with Crippen LogP contribution in [0.5, 0.6) is 0 Å². The van der Waals surface area contributed by atoms with Crippen molar-refractivity contribution in [2.24, 2.45) is 5.73 Å². The van der Waals surface area contributed by atoms with Crippen molar-refractivity contribution < 1.29 is 24.3 Å². The summed E-state index contributed by atoms with van der Waals surface area (Å²) in [7, 11) is 0. The normalized spacial score (nSPS) is 30.5. The molecule has 3 atom stereocenters. The number of hydroxylamine groups is 1. The molecule has 0 aliphatic carbocycles. The number of nitrogen functional groups attached to an aromatic ring is 1. The number of amidine groups is 1. The second-order valence-electron chi connectivity index (χ2n) is 9.66. The summed E-state index contributed by atoms with van der Waals surface area (Å²) in [6.07, 6.45) is 3.52. The second kappa shape index (κ2) is 10.2. The molecule has 184 valence electrons. The van der Waals surface area contributed by atoms with Crippen LogP contribution in [0.3, 0.4) is 0 Å². The molecule has 4 fully saturated rings. The Labute approximate surface area is 198 Å². The Balaban J connectivity index is 1.28. The van der Waals surface area contributed by atoms with Crippen LogP contribution in [-0.4, -0.2) is 64.3 Å². The molecule has 1 amide bonds. The Morgan fingerprint density at radius 1 is 1.18 bits per heavy atom. The molecular formula is C24H33N5O5. The van der Waals surface area contributed by atoms with Crippen molar-refractivity contribution in [1.82, 2.24) is 15.7 Å². The van der Waals surface area contributed by atoms with E-state index in [2.05, 4.69) is 15.7 Å². The van der Waals surface area contributed by atoms with Gasteiger partial charge in [0.25, 0.3) is 0 Å². The van der Waals surface area contributed by atoms with E-state index in [9.17, 15) is 14.4 Å². The summed E-state index contributed by atoms with van der Waals surface area (Å²) in [5.41, 5.74) is 9.88. The molecule has 0 radical (unpaired) electrons. The first-order chi connectivity index (χ1) is 16.2. The van der Waals surface area contributed by atoms with Crippen LogP contribution in [0, 0.1) is 5.41 Å². The molecule has 1 aromatic carbocycles. The molecule has 4 saturated heterocycles. The number of rotatable bonds is 9. The van der Waals surface area contributed by atoms with Crippen molar-refractivity contribution in [3.63, 3.8) is 0 Å². The Kier molecular flexibility index (Phi) is 7.30. The standard InChI is InChI=1S/C24H33N5O5/c25-23(26)16-3-1-15(2-4-16)18-13-17(34-28-18)14-21(31)27-24-8-7-19(20(30)5-6-22(32)33)29(11-9-24)12-10-24/h1-4,17-19,28H,5-14H2,(H3,25,26)(H,27,31)(H,32,33)/t17-,18+,19+/m1/s1. The van der Waals surface area contributed by atoms with Gasteiger partial charge in [-0.15, -0.1) is 0 Å². The van der Waals surface area contributed by atoms with Crippen LogP contribution in [0.2, 0.25) is 0 Å². The molecule has 1 aromatic rings. The van der Waals surface area contributed by atoms with Crippen molar-refractivity contribution in [3.8, 4) is 0 Å². The summed E-state index contributed by atoms with van der Waals surface area (Å²) in [4.78, 5) is 44.1. The average Bonchev–Trinajstić information content (AvgIpc) is 3.10. The van der Waals surface area contributed by atoms with Gasteiger partial charge in [0.05, 0.1) is 31.0 Å². The van der Waals surface area contributed by atoms with Gasteiger partial charge in [0.1, 0.15) is 5.84 Å². The zero-order valence-electron chi connectivity index (χ0n) is 19.2. The van der Waals surface area contributed by atoms with E-state index in [0.717, 1.165) is 31.5 Å². The Hall–Kier alpha value is -2.82. The number of fused-ring (bicyclic) bond motifs is 4. The van der Waals surface area contributed by atoms with Gasteiger partial charge in [0.2, 0.25) is 5.91 Å². The molecule has 10 nitrogen and oxygen atoms in total. The molecule has 0 aromatic heterocycles. The Bertz CT molecular complexity index is 942. The number of aliphatic carboxylic acids is 1. The number of amides is 1. The lowest BCUT2D eigenvalue weighted by atomic mass is 9.85. The third-order valence-electron chi connectivity index (χ3n) is 7.37. The van der Waals surface area contributed by atoms with E-state index in [-0.39, 0.29) is 60.5 Å². The molecule has 0 unspecified atom stereocenters. The fourth-order valence-electron chi connectivity index (χ4n) is 5.37. The fraction of sp³-hybridized carbons (Fsp3) is 0.583. The summed E-state index contributed by atoms with van der Waals surface area (Å²) in [5, 5.41) is 19.6. The van der Waals surface area contributed by atoms with Crippen LogP contribution in [0.25, 0.3) is 0 Å². The summed E-state index contributed by atoms with van der Waals surface area (Å²) >= 11 is 0. The molecule has 34 heavy (non-hydrogen) atoms. The molecule has 4 heterocycles. The van der Waals surface area contributed by atoms with Crippen LogP contribution in [0.4, 0.5) is 0 Å². The largest absolute Gasteiger partial charge is 0.481 e. The number of ketones is 1. The van der Waals surface area contributed by atoms with E-state index in [4.69, 9.17) is 21.1 Å². The van der Waals surface area contributed by atoms with Gasteiger partial charge in [0.15, 0.2) is 5.78 Å². The van der Waals surface area contributed by atoms with Crippen LogP contribution in [-0.2, 0) is 19.2 Å². The predicted octanol–water partition coefficient (Wildman–Crippen LogP) is 1.24. The van der Waals surface area contributed by atoms with Gasteiger partial charge in [-0.2, -0.15) is 5.48 Å². The lowest BCUT2D eigenvalue weighted by Gasteiger charge is -2.39. The van der Waals surface area contributed by atoms with Gasteiger partial charge in [-0.05, 0) is 37.7 Å². The topological polar surface area (TPSA) is 158 Å². The molecule has 6 N–H and O–H groups in total. The highest BCUT2D eigenvalue weighted by Gasteiger charge is 2.43. The summed E-state index contributed by atoms with van der Waals surface area (Å²) in [5.74, 6) is -0.997. The van der Waals surface area contributed by atoms with Gasteiger partial charge in [-0.1, -0.05) is 24.3 Å². The number of nitrogens with two attached hydrogens (primary N) is 1. The van der Waals surface area contributed by atoms with E-state index < -0.39 is 5.97 Å². The number of carbonyl (C=O) groups excluding carboxylic acids is 2. The number of piperidine rings is 1. The summed E-state index contributed by atoms with van der Waals surface area (Å²) < 4.78 is 0. The SMILES string of the molecule is N=C(N)c1ccc([C@@H]2C[C@H](CC(=O)NC34CC[C@@H](C(=O)CCC(=O)O)N(CC3)CC4)ON2)cc1. The highest BCUT2D eigenvalue weighted by molar-refractivity contribution is 5.94. The fourth-order valence-corrected chi connectivity index (χ4v) is 5.37. The smallest absolute Gasteiger partial charge is 0.303 e. The first-order valence-corrected chi connectivity index (χ1v) is 11.9. The maximum absolute atomic E-state index is 12.9. The number of benzene rings is 1. The van der Waals surface area contributed by atoms with Crippen LogP contribution < -0.4 is 16.5 Å². The second-order valence-corrected chi connectivity index (χ2v) is 9.66. The summed E-state index contributed by atoms with van der Waals surface area (Å²) in [6.45, 7) is 1.45. The van der Waals surface area contributed by atoms with Crippen LogP contribution >= 0.6 is 0 Å². The number of Topliss-reactive ketones (excluding diaryl/α,β-unsaturated/α-hetero) is 1. The number of nitrogens with one attached hydrogen (secondary N) is 3. The number of nitrogens with zero attached hydrogens (tertiary/aromatic N) is 1. The maximum atomic E-state index is 12.9. The van der Waals surface area contributed by atoms with Crippen molar-refractivity contribution in [3.05, 3.63) is 35.4 Å². The monoisotopic (exact) mass is 471 g/mol. The molecule has 4 aliphatic heterocycles. The van der Waals surface area contributed by atoms with E-state index in [0.29, 0.717) is 24.8 Å². The molecule has 0 saturated carbocycles. The lowest BCUT2D eigenvalue weighted by molar-refractivity contribution is -0.139. The van der Waals surface area contributed by atoms with E-state index in [1.54, 1.807) is 12.1 Å². The first-order valence-electron chi connectivity index (χ1n) is 11.9. The number of carboxylic acid groups (broad SMARTS) is 1. The van der Waals surface area contributed by atoms with Crippen molar-refractivity contribution >= 4 is 23.5 Å². The summed E-state index contributed by atoms with van der Waals surface area (Å²) in [6, 6.07) is 7.14. The number of hydrogen-bond acceptors (Lipinski definition) is 7. The van der Waals surface area contributed by atoms with E-state index >= 15 is 0 Å². The van der Waals surface area contributed by atoms with Crippen LogP contribution in [0.15, 0.2) is 24.3 Å². The maximum Gasteiger partial charge on any atom is 0.303 e. The molecule has 2 bridgehead atoms. The quantitative estimate of drug-likeness (QED) is 0.266. The number of carbonyl (C=O) groups is 3.